The zero-order chi connectivity index (χ0) is 7.99. The minimum atomic E-state index is -0.601. The Morgan fingerprint density at radius 3 is 1.80 bits per heavy atom. The smallest absolute Gasteiger partial charge is 0.0873 e. The van der Waals surface area contributed by atoms with E-state index in [-0.39, 0.29) is 5.54 Å². The van der Waals surface area contributed by atoms with Crippen LogP contribution in [0.1, 0.15) is 26.7 Å². The Kier molecular flexibility index (Phi) is 1.54. The Bertz CT molecular complexity index is 144. The molecule has 1 aliphatic rings. The van der Waals surface area contributed by atoms with Gasteiger partial charge in [0.15, 0.2) is 0 Å². The van der Waals surface area contributed by atoms with Gasteiger partial charge in [-0.2, -0.15) is 0 Å². The minimum absolute atomic E-state index is 0.290. The molecule has 2 unspecified atom stereocenters. The molecule has 0 aliphatic heterocycles. The van der Waals surface area contributed by atoms with Crippen molar-refractivity contribution < 1.29 is 0 Å². The average molecular weight is 143 g/mol. The van der Waals surface area contributed by atoms with Gasteiger partial charge in [-0.15, -0.1) is 0 Å². The molecule has 0 spiro atoms. The maximum absolute atomic E-state index is 5.93. The van der Waals surface area contributed by atoms with Crippen molar-refractivity contribution in [2.24, 2.45) is 23.1 Å². The van der Waals surface area contributed by atoms with Crippen molar-refractivity contribution in [1.82, 2.24) is 0 Å². The van der Waals surface area contributed by atoms with Gasteiger partial charge in [-0.25, -0.2) is 0 Å². The molecule has 0 aromatic heterocycles. The summed E-state index contributed by atoms with van der Waals surface area (Å²) < 4.78 is 0. The van der Waals surface area contributed by atoms with Crippen LogP contribution in [0.2, 0.25) is 0 Å². The summed E-state index contributed by atoms with van der Waals surface area (Å²) in [6.07, 6.45) is 1.86. The van der Waals surface area contributed by atoms with E-state index in [4.69, 9.17) is 17.2 Å². The molecule has 6 N–H and O–H groups in total. The quantitative estimate of drug-likeness (QED) is 0.466. The summed E-state index contributed by atoms with van der Waals surface area (Å²) in [7, 11) is 0. The fourth-order valence-electron chi connectivity index (χ4n) is 1.95. The third kappa shape index (κ3) is 0.654. The zero-order valence-electron chi connectivity index (χ0n) is 6.72. The molecule has 0 saturated heterocycles. The van der Waals surface area contributed by atoms with Crippen molar-refractivity contribution in [3.8, 4) is 0 Å². The highest BCUT2D eigenvalue weighted by Crippen LogP contribution is 2.50. The highest BCUT2D eigenvalue weighted by atomic mass is 15.2. The first-order valence-electron chi connectivity index (χ1n) is 3.87. The average Bonchev–Trinajstić information content (AvgIpc) is 2.29. The van der Waals surface area contributed by atoms with E-state index < -0.39 is 5.66 Å². The van der Waals surface area contributed by atoms with Gasteiger partial charge in [0.1, 0.15) is 0 Å². The molecule has 2 atom stereocenters. The molecule has 0 bridgehead atoms. The van der Waals surface area contributed by atoms with Crippen molar-refractivity contribution in [3.63, 3.8) is 0 Å². The van der Waals surface area contributed by atoms with E-state index in [1.54, 1.807) is 0 Å². The van der Waals surface area contributed by atoms with Gasteiger partial charge in [0.2, 0.25) is 0 Å². The van der Waals surface area contributed by atoms with Crippen LogP contribution in [0.25, 0.3) is 0 Å². The monoisotopic (exact) mass is 143 g/mol. The molecule has 1 aliphatic carbocycles. The lowest BCUT2D eigenvalue weighted by Crippen LogP contribution is -2.47. The van der Waals surface area contributed by atoms with Gasteiger partial charge in [0.05, 0.1) is 11.2 Å². The van der Waals surface area contributed by atoms with Crippen molar-refractivity contribution in [3.05, 3.63) is 0 Å². The largest absolute Gasteiger partial charge is 0.322 e. The molecule has 0 radical (unpaired) electrons. The first-order chi connectivity index (χ1) is 4.50. The van der Waals surface area contributed by atoms with Gasteiger partial charge < -0.3 is 17.2 Å². The molecule has 1 saturated carbocycles. The van der Waals surface area contributed by atoms with Crippen molar-refractivity contribution in [1.29, 1.82) is 0 Å². The number of nitrogens with two attached hydrogens (primary N) is 3. The molecular formula is C7H17N3. The molecule has 3 nitrogen and oxygen atoms in total. The highest BCUT2D eigenvalue weighted by Gasteiger charge is 2.68. The van der Waals surface area contributed by atoms with Gasteiger partial charge in [0.25, 0.3) is 0 Å². The normalized spacial score (nSPS) is 43.5. The van der Waals surface area contributed by atoms with Crippen LogP contribution >= 0.6 is 0 Å². The first kappa shape index (κ1) is 7.98. The van der Waals surface area contributed by atoms with Crippen LogP contribution in [0.3, 0.4) is 0 Å². The van der Waals surface area contributed by atoms with E-state index in [9.17, 15) is 0 Å². The molecule has 60 valence electrons. The molecule has 1 rings (SSSR count). The lowest BCUT2D eigenvalue weighted by Gasteiger charge is -2.09. The number of hydrogen-bond acceptors (Lipinski definition) is 3. The van der Waals surface area contributed by atoms with Crippen molar-refractivity contribution in [2.45, 2.75) is 37.9 Å². The van der Waals surface area contributed by atoms with E-state index in [2.05, 4.69) is 6.92 Å². The standard InChI is InChI=1S/C7H17N3/c1-3-5-6(8,4-2)7(5,9)10/h5H,3-4,8-10H2,1-2H3. The maximum Gasteiger partial charge on any atom is 0.0873 e. The SMILES string of the molecule is CCC1C(N)(N)C1(N)CC. The summed E-state index contributed by atoms with van der Waals surface area (Å²) in [5.41, 5.74) is 16.6. The molecule has 10 heavy (non-hydrogen) atoms. The third-order valence-electron chi connectivity index (χ3n) is 2.91. The van der Waals surface area contributed by atoms with E-state index in [1.807, 2.05) is 6.92 Å². The van der Waals surface area contributed by atoms with Crippen molar-refractivity contribution in [2.75, 3.05) is 0 Å². The van der Waals surface area contributed by atoms with Gasteiger partial charge in [0, 0.05) is 5.92 Å². The Hall–Kier alpha value is -0.120. The van der Waals surface area contributed by atoms with Crippen LogP contribution in [0.5, 0.6) is 0 Å². The second-order valence-corrected chi connectivity index (χ2v) is 3.29. The molecule has 0 heterocycles. The van der Waals surface area contributed by atoms with Gasteiger partial charge in [-0.3, -0.25) is 0 Å². The first-order valence-corrected chi connectivity index (χ1v) is 3.87. The molecule has 1 fully saturated rings. The Balaban J connectivity index is 2.68. The molecule has 3 heteroatoms. The Labute approximate surface area is 61.9 Å². The summed E-state index contributed by atoms with van der Waals surface area (Å²) in [5.74, 6) is 0.310. The summed E-state index contributed by atoms with van der Waals surface area (Å²) in [4.78, 5) is 0. The summed E-state index contributed by atoms with van der Waals surface area (Å²) >= 11 is 0. The predicted octanol–water partition coefficient (Wildman–Crippen LogP) is -0.253. The lowest BCUT2D eigenvalue weighted by atomic mass is 10.1. The van der Waals surface area contributed by atoms with E-state index in [0.717, 1.165) is 12.8 Å². The van der Waals surface area contributed by atoms with Crippen LogP contribution in [-0.2, 0) is 0 Å². The van der Waals surface area contributed by atoms with Gasteiger partial charge in [-0.05, 0) is 12.8 Å². The van der Waals surface area contributed by atoms with E-state index in [0.29, 0.717) is 5.92 Å². The van der Waals surface area contributed by atoms with Gasteiger partial charge in [-0.1, -0.05) is 13.8 Å². The summed E-state index contributed by atoms with van der Waals surface area (Å²) in [5, 5.41) is 0. The highest BCUT2D eigenvalue weighted by molar-refractivity contribution is 5.27. The van der Waals surface area contributed by atoms with E-state index in [1.165, 1.54) is 0 Å². The van der Waals surface area contributed by atoms with Crippen molar-refractivity contribution >= 4 is 0 Å². The Morgan fingerprint density at radius 1 is 1.20 bits per heavy atom. The molecular weight excluding hydrogens is 126 g/mol. The fourth-order valence-corrected chi connectivity index (χ4v) is 1.95. The molecule has 0 amide bonds. The van der Waals surface area contributed by atoms with Crippen LogP contribution in [0, 0.1) is 5.92 Å². The summed E-state index contributed by atoms with van der Waals surface area (Å²) in [6.45, 7) is 4.10. The molecule has 0 aromatic carbocycles. The third-order valence-corrected chi connectivity index (χ3v) is 2.91. The molecule has 0 aromatic rings. The fraction of sp³-hybridized carbons (Fsp3) is 1.00. The zero-order valence-corrected chi connectivity index (χ0v) is 6.72. The minimum Gasteiger partial charge on any atom is -0.322 e. The van der Waals surface area contributed by atoms with Crippen LogP contribution in [0.15, 0.2) is 0 Å². The number of rotatable bonds is 2. The van der Waals surface area contributed by atoms with Gasteiger partial charge >= 0.3 is 0 Å². The topological polar surface area (TPSA) is 78.1 Å². The predicted molar refractivity (Wildman–Crippen MR) is 42.1 cm³/mol. The second kappa shape index (κ2) is 1.94. The lowest BCUT2D eigenvalue weighted by molar-refractivity contribution is 0.524. The van der Waals surface area contributed by atoms with E-state index >= 15 is 0 Å². The number of hydrogen-bond donors (Lipinski definition) is 3. The second-order valence-electron chi connectivity index (χ2n) is 3.29. The van der Waals surface area contributed by atoms with Crippen LogP contribution in [0.4, 0.5) is 0 Å². The Morgan fingerprint density at radius 2 is 1.70 bits per heavy atom. The van der Waals surface area contributed by atoms with Crippen LogP contribution in [-0.4, -0.2) is 11.2 Å². The maximum atomic E-state index is 5.93. The summed E-state index contributed by atoms with van der Waals surface area (Å²) in [6, 6.07) is 0. The van der Waals surface area contributed by atoms with Crippen LogP contribution < -0.4 is 17.2 Å².